The molecule has 1 atom stereocenters. The second-order valence-corrected chi connectivity index (χ2v) is 10.8. The molecule has 0 radical (unpaired) electrons. The molecule has 1 unspecified atom stereocenters. The number of anilines is 1. The standard InChI is InChI=1S/C25H25ClFN3O4S/c1-16-9-11-22(20(26)14-16)28-25(31)19-7-5-13-30(15-19)35(32,33)24-17(2)29-34-23(24)12-10-18-6-3-4-8-21(18)27/h3-4,6,8-12,14,19H,5,7,13,15H2,1-2H3,(H,28,31). The summed E-state index contributed by atoms with van der Waals surface area (Å²) in [5.74, 6) is -1.28. The average Bonchev–Trinajstić information content (AvgIpc) is 3.21. The van der Waals surface area contributed by atoms with Crippen LogP contribution in [0, 0.1) is 25.6 Å². The topological polar surface area (TPSA) is 92.5 Å². The van der Waals surface area contributed by atoms with Gasteiger partial charge in [-0.05, 0) is 62.6 Å². The van der Waals surface area contributed by atoms with E-state index in [1.165, 1.54) is 29.4 Å². The van der Waals surface area contributed by atoms with Crippen LogP contribution in [-0.2, 0) is 14.8 Å². The first kappa shape index (κ1) is 25.1. The van der Waals surface area contributed by atoms with Crippen LogP contribution >= 0.6 is 11.6 Å². The van der Waals surface area contributed by atoms with Gasteiger partial charge in [-0.2, -0.15) is 4.31 Å². The molecule has 1 saturated heterocycles. The molecule has 1 aromatic heterocycles. The van der Waals surface area contributed by atoms with Gasteiger partial charge in [0.1, 0.15) is 11.5 Å². The molecule has 1 fully saturated rings. The number of rotatable bonds is 6. The summed E-state index contributed by atoms with van der Waals surface area (Å²) < 4.78 is 47.6. The maximum Gasteiger partial charge on any atom is 0.248 e. The summed E-state index contributed by atoms with van der Waals surface area (Å²) in [5.41, 5.74) is 1.93. The van der Waals surface area contributed by atoms with Crippen molar-refractivity contribution in [1.82, 2.24) is 9.46 Å². The van der Waals surface area contributed by atoms with E-state index >= 15 is 0 Å². The maximum absolute atomic E-state index is 14.0. The molecule has 2 aromatic carbocycles. The Hall–Kier alpha value is -3.01. The lowest BCUT2D eigenvalue weighted by molar-refractivity contribution is -0.120. The Morgan fingerprint density at radius 2 is 2.00 bits per heavy atom. The number of piperidine rings is 1. The highest BCUT2D eigenvalue weighted by Gasteiger charge is 2.37. The van der Waals surface area contributed by atoms with Crippen LogP contribution in [0.2, 0.25) is 5.02 Å². The summed E-state index contributed by atoms with van der Waals surface area (Å²) in [4.78, 5) is 12.8. The maximum atomic E-state index is 14.0. The molecule has 0 saturated carbocycles. The molecule has 4 rings (SSSR count). The van der Waals surface area contributed by atoms with Crippen molar-refractivity contribution in [3.05, 3.63) is 75.9 Å². The molecule has 0 bridgehead atoms. The van der Waals surface area contributed by atoms with Gasteiger partial charge in [0.15, 0.2) is 10.7 Å². The van der Waals surface area contributed by atoms with Gasteiger partial charge in [0.05, 0.1) is 16.6 Å². The first-order valence-electron chi connectivity index (χ1n) is 11.1. The van der Waals surface area contributed by atoms with E-state index in [0.29, 0.717) is 23.6 Å². The van der Waals surface area contributed by atoms with Gasteiger partial charge in [-0.25, -0.2) is 12.8 Å². The minimum atomic E-state index is -4.02. The van der Waals surface area contributed by atoms with E-state index in [0.717, 1.165) is 5.56 Å². The van der Waals surface area contributed by atoms with Crippen LogP contribution in [0.5, 0.6) is 0 Å². The summed E-state index contributed by atoms with van der Waals surface area (Å²) in [5, 5.41) is 7.05. The van der Waals surface area contributed by atoms with Crippen LogP contribution in [0.4, 0.5) is 10.1 Å². The molecule has 1 aliphatic heterocycles. The number of benzene rings is 2. The summed E-state index contributed by atoms with van der Waals surface area (Å²) in [6, 6.07) is 11.4. The third-order valence-corrected chi connectivity index (χ3v) is 8.22. The average molecular weight is 518 g/mol. The highest BCUT2D eigenvalue weighted by Crippen LogP contribution is 2.30. The largest absolute Gasteiger partial charge is 0.355 e. The zero-order valence-corrected chi connectivity index (χ0v) is 20.9. The number of hydrogen-bond donors (Lipinski definition) is 1. The van der Waals surface area contributed by atoms with Crippen LogP contribution in [0.15, 0.2) is 51.9 Å². The number of aryl methyl sites for hydroxylation is 2. The fourth-order valence-corrected chi connectivity index (χ4v) is 6.09. The molecule has 2 heterocycles. The Morgan fingerprint density at radius 1 is 1.23 bits per heavy atom. The van der Waals surface area contributed by atoms with Crippen molar-refractivity contribution in [2.45, 2.75) is 31.6 Å². The third kappa shape index (κ3) is 5.47. The second-order valence-electron chi connectivity index (χ2n) is 8.49. The van der Waals surface area contributed by atoms with Crippen LogP contribution in [0.1, 0.15) is 35.4 Å². The summed E-state index contributed by atoms with van der Waals surface area (Å²) >= 11 is 6.23. The lowest BCUT2D eigenvalue weighted by atomic mass is 9.98. The quantitative estimate of drug-likeness (QED) is 0.479. The van der Waals surface area contributed by atoms with E-state index in [-0.39, 0.29) is 40.9 Å². The predicted octanol–water partition coefficient (Wildman–Crippen LogP) is 5.29. The number of carbonyl (C=O) groups excluding carboxylic acids is 1. The van der Waals surface area contributed by atoms with Crippen LogP contribution in [0.25, 0.3) is 12.2 Å². The van der Waals surface area contributed by atoms with Crippen molar-refractivity contribution in [2.24, 2.45) is 5.92 Å². The smallest absolute Gasteiger partial charge is 0.248 e. The first-order chi connectivity index (χ1) is 16.7. The molecule has 0 aliphatic carbocycles. The first-order valence-corrected chi connectivity index (χ1v) is 12.9. The number of aromatic nitrogens is 1. The second kappa shape index (κ2) is 10.3. The van der Waals surface area contributed by atoms with Gasteiger partial charge in [-0.3, -0.25) is 4.79 Å². The number of sulfonamides is 1. The van der Waals surface area contributed by atoms with Gasteiger partial charge < -0.3 is 9.84 Å². The van der Waals surface area contributed by atoms with Crippen molar-refractivity contribution in [2.75, 3.05) is 18.4 Å². The molecule has 10 heteroatoms. The van der Waals surface area contributed by atoms with Gasteiger partial charge in [0.25, 0.3) is 0 Å². The van der Waals surface area contributed by atoms with E-state index < -0.39 is 21.8 Å². The fraction of sp³-hybridized carbons (Fsp3) is 0.280. The van der Waals surface area contributed by atoms with Crippen LogP contribution in [-0.4, -0.2) is 36.9 Å². The third-order valence-electron chi connectivity index (χ3n) is 5.89. The molecule has 1 amide bonds. The molecule has 1 aliphatic rings. The number of halogens is 2. The lowest BCUT2D eigenvalue weighted by Crippen LogP contribution is -2.43. The van der Waals surface area contributed by atoms with Gasteiger partial charge in [0.2, 0.25) is 15.9 Å². The monoisotopic (exact) mass is 517 g/mol. The Morgan fingerprint density at radius 3 is 2.74 bits per heavy atom. The van der Waals surface area contributed by atoms with E-state index in [9.17, 15) is 17.6 Å². The van der Waals surface area contributed by atoms with Gasteiger partial charge in [-0.15, -0.1) is 0 Å². The van der Waals surface area contributed by atoms with E-state index in [4.69, 9.17) is 16.1 Å². The number of carbonyl (C=O) groups is 1. The highest BCUT2D eigenvalue weighted by molar-refractivity contribution is 7.89. The van der Waals surface area contributed by atoms with Gasteiger partial charge in [-0.1, -0.05) is 41.0 Å². The zero-order chi connectivity index (χ0) is 25.2. The van der Waals surface area contributed by atoms with Crippen molar-refractivity contribution < 1.29 is 22.1 Å². The molecule has 184 valence electrons. The Balaban J connectivity index is 1.54. The number of nitrogens with one attached hydrogen (secondary N) is 1. The molecule has 1 N–H and O–H groups in total. The molecule has 35 heavy (non-hydrogen) atoms. The Kier molecular flexibility index (Phi) is 7.39. The SMILES string of the molecule is Cc1ccc(NC(=O)C2CCCN(S(=O)(=O)c3c(C)noc3C=Cc3ccccc3F)C2)c(Cl)c1. The molecule has 3 aromatic rings. The van der Waals surface area contributed by atoms with Crippen LogP contribution in [0.3, 0.4) is 0 Å². The summed E-state index contributed by atoms with van der Waals surface area (Å²) in [7, 11) is -4.02. The zero-order valence-electron chi connectivity index (χ0n) is 19.3. The van der Waals surface area contributed by atoms with E-state index in [1.54, 1.807) is 30.3 Å². The minimum absolute atomic E-state index is 0.00349. The number of nitrogens with zero attached hydrogens (tertiary/aromatic N) is 2. The van der Waals surface area contributed by atoms with Gasteiger partial charge in [0, 0.05) is 18.7 Å². The minimum Gasteiger partial charge on any atom is -0.355 e. The van der Waals surface area contributed by atoms with Crippen molar-refractivity contribution in [3.8, 4) is 0 Å². The fourth-order valence-electron chi connectivity index (χ4n) is 4.03. The normalized spacial score (nSPS) is 17.1. The Bertz CT molecular complexity index is 1390. The van der Waals surface area contributed by atoms with Crippen molar-refractivity contribution in [3.63, 3.8) is 0 Å². The highest BCUT2D eigenvalue weighted by atomic mass is 35.5. The molecular formula is C25H25ClFN3O4S. The molecule has 0 spiro atoms. The predicted molar refractivity (Wildman–Crippen MR) is 133 cm³/mol. The molecule has 7 nitrogen and oxygen atoms in total. The lowest BCUT2D eigenvalue weighted by Gasteiger charge is -2.31. The number of amides is 1. The molecular weight excluding hydrogens is 493 g/mol. The van der Waals surface area contributed by atoms with Crippen molar-refractivity contribution in [1.29, 1.82) is 0 Å². The van der Waals surface area contributed by atoms with E-state index in [1.807, 2.05) is 13.0 Å². The van der Waals surface area contributed by atoms with Crippen molar-refractivity contribution >= 4 is 45.4 Å². The van der Waals surface area contributed by atoms with E-state index in [2.05, 4.69) is 10.5 Å². The van der Waals surface area contributed by atoms with Gasteiger partial charge >= 0.3 is 0 Å². The summed E-state index contributed by atoms with van der Waals surface area (Å²) in [6.07, 6.45) is 3.89. The van der Waals surface area contributed by atoms with Crippen LogP contribution < -0.4 is 5.32 Å². The Labute approximate surface area is 208 Å². The summed E-state index contributed by atoms with van der Waals surface area (Å²) in [6.45, 7) is 3.70. The number of hydrogen-bond acceptors (Lipinski definition) is 5.